The molecule has 2 aliphatic rings. The molecule has 0 aromatic heterocycles. The number of hydrogen-bond donors (Lipinski definition) is 2. The molecule has 1 aliphatic heterocycles. The highest BCUT2D eigenvalue weighted by Crippen LogP contribution is 2.30. The van der Waals surface area contributed by atoms with Crippen LogP contribution in [-0.4, -0.2) is 41.8 Å². The fourth-order valence-electron chi connectivity index (χ4n) is 2.87. The van der Waals surface area contributed by atoms with Crippen molar-refractivity contribution in [3.63, 3.8) is 0 Å². The Morgan fingerprint density at radius 3 is 2.73 bits per heavy atom. The van der Waals surface area contributed by atoms with E-state index in [4.69, 9.17) is 5.11 Å². The summed E-state index contributed by atoms with van der Waals surface area (Å²) in [6.45, 7) is 1.31. The van der Waals surface area contributed by atoms with Crippen LogP contribution in [0.4, 0.5) is 4.79 Å². The Hall–Kier alpha value is -0.770. The van der Waals surface area contributed by atoms with E-state index in [2.05, 4.69) is 5.32 Å². The van der Waals surface area contributed by atoms with Crippen LogP contribution >= 0.6 is 0 Å². The van der Waals surface area contributed by atoms with Crippen LogP contribution < -0.4 is 5.32 Å². The maximum absolute atomic E-state index is 11.5. The van der Waals surface area contributed by atoms with Gasteiger partial charge in [-0.1, -0.05) is 19.3 Å². The third kappa shape index (κ3) is 2.25. The molecule has 0 bridgehead atoms. The Bertz CT molecular complexity index is 227. The first-order valence-electron chi connectivity index (χ1n) is 5.98. The van der Waals surface area contributed by atoms with Crippen molar-refractivity contribution in [1.29, 1.82) is 0 Å². The van der Waals surface area contributed by atoms with E-state index in [1.54, 1.807) is 0 Å². The molecule has 0 aromatic rings. The van der Waals surface area contributed by atoms with Crippen LogP contribution in [0.1, 0.15) is 32.1 Å². The van der Waals surface area contributed by atoms with E-state index in [1.165, 1.54) is 32.1 Å². The summed E-state index contributed by atoms with van der Waals surface area (Å²) < 4.78 is 0. The van der Waals surface area contributed by atoms with Crippen LogP contribution in [0.15, 0.2) is 0 Å². The van der Waals surface area contributed by atoms with Gasteiger partial charge in [0.15, 0.2) is 0 Å². The highest BCUT2D eigenvalue weighted by atomic mass is 16.3. The fourth-order valence-corrected chi connectivity index (χ4v) is 2.87. The summed E-state index contributed by atoms with van der Waals surface area (Å²) in [6.07, 6.45) is 6.40. The molecule has 2 amide bonds. The molecule has 15 heavy (non-hydrogen) atoms. The molecule has 0 aromatic carbocycles. The molecule has 86 valence electrons. The zero-order chi connectivity index (χ0) is 10.7. The van der Waals surface area contributed by atoms with Crippen molar-refractivity contribution >= 4 is 6.03 Å². The monoisotopic (exact) mass is 212 g/mol. The standard InChI is InChI=1S/C11H20N2O2/c14-7-6-13-10(8-12-11(13)15)9-4-2-1-3-5-9/h9-10,14H,1-8H2,(H,12,15). The first kappa shape index (κ1) is 10.7. The number of rotatable bonds is 3. The molecule has 4 heteroatoms. The fraction of sp³-hybridized carbons (Fsp3) is 0.909. The maximum atomic E-state index is 11.5. The van der Waals surface area contributed by atoms with Crippen LogP contribution in [0.5, 0.6) is 0 Å². The van der Waals surface area contributed by atoms with Crippen LogP contribution in [0, 0.1) is 5.92 Å². The molecular weight excluding hydrogens is 192 g/mol. The van der Waals surface area contributed by atoms with Crippen LogP contribution in [0.25, 0.3) is 0 Å². The summed E-state index contributed by atoms with van der Waals surface area (Å²) in [5.74, 6) is 0.643. The van der Waals surface area contributed by atoms with Crippen LogP contribution in [-0.2, 0) is 0 Å². The predicted molar refractivity (Wildman–Crippen MR) is 57.6 cm³/mol. The average Bonchev–Trinajstić information content (AvgIpc) is 2.63. The Morgan fingerprint density at radius 2 is 2.07 bits per heavy atom. The van der Waals surface area contributed by atoms with E-state index in [9.17, 15) is 4.79 Å². The van der Waals surface area contributed by atoms with E-state index in [0.717, 1.165) is 6.54 Å². The van der Waals surface area contributed by atoms with Gasteiger partial charge in [-0.15, -0.1) is 0 Å². The number of β-amino-alcohol motifs (C(OH)–C–C–N with tert-alkyl or cyclic N) is 1. The van der Waals surface area contributed by atoms with E-state index >= 15 is 0 Å². The van der Waals surface area contributed by atoms with Gasteiger partial charge in [-0.2, -0.15) is 0 Å². The first-order valence-corrected chi connectivity index (χ1v) is 5.98. The molecule has 2 fully saturated rings. The smallest absolute Gasteiger partial charge is 0.317 e. The third-order valence-electron chi connectivity index (χ3n) is 3.66. The number of aliphatic hydroxyl groups excluding tert-OH is 1. The van der Waals surface area contributed by atoms with Crippen molar-refractivity contribution in [1.82, 2.24) is 10.2 Å². The topological polar surface area (TPSA) is 52.6 Å². The van der Waals surface area contributed by atoms with Crippen molar-refractivity contribution in [2.75, 3.05) is 19.7 Å². The van der Waals surface area contributed by atoms with Crippen LogP contribution in [0.3, 0.4) is 0 Å². The largest absolute Gasteiger partial charge is 0.395 e. The van der Waals surface area contributed by atoms with Crippen molar-refractivity contribution < 1.29 is 9.90 Å². The summed E-state index contributed by atoms with van der Waals surface area (Å²) in [6, 6.07) is 0.324. The van der Waals surface area contributed by atoms with Gasteiger partial charge in [0.2, 0.25) is 0 Å². The molecule has 2 rings (SSSR count). The molecule has 1 saturated carbocycles. The van der Waals surface area contributed by atoms with Crippen molar-refractivity contribution in [2.24, 2.45) is 5.92 Å². The molecule has 4 nitrogen and oxygen atoms in total. The van der Waals surface area contributed by atoms with Gasteiger partial charge >= 0.3 is 6.03 Å². The summed E-state index contributed by atoms with van der Waals surface area (Å²) in [5, 5.41) is 11.8. The Labute approximate surface area is 90.6 Å². The number of nitrogens with one attached hydrogen (secondary N) is 1. The molecule has 1 atom stereocenters. The van der Waals surface area contributed by atoms with Crippen molar-refractivity contribution in [3.8, 4) is 0 Å². The summed E-state index contributed by atoms with van der Waals surface area (Å²) in [4.78, 5) is 13.3. The van der Waals surface area contributed by atoms with E-state index in [-0.39, 0.29) is 12.6 Å². The predicted octanol–water partition coefficient (Wildman–Crippen LogP) is 0.953. The Morgan fingerprint density at radius 1 is 1.33 bits per heavy atom. The van der Waals surface area contributed by atoms with Gasteiger partial charge in [0, 0.05) is 13.1 Å². The lowest BCUT2D eigenvalue weighted by Gasteiger charge is -2.32. The zero-order valence-electron chi connectivity index (χ0n) is 9.11. The number of carbonyl (C=O) groups is 1. The minimum Gasteiger partial charge on any atom is -0.395 e. The first-order chi connectivity index (χ1) is 7.33. The quantitative estimate of drug-likeness (QED) is 0.732. The van der Waals surface area contributed by atoms with Gasteiger partial charge in [0.05, 0.1) is 12.6 Å². The molecule has 2 N–H and O–H groups in total. The number of amides is 2. The molecular formula is C11H20N2O2. The average molecular weight is 212 g/mol. The van der Waals surface area contributed by atoms with Gasteiger partial charge in [-0.3, -0.25) is 0 Å². The number of carbonyl (C=O) groups excluding carboxylic acids is 1. The van der Waals surface area contributed by atoms with Crippen molar-refractivity contribution in [2.45, 2.75) is 38.1 Å². The second-order valence-electron chi connectivity index (χ2n) is 4.57. The lowest BCUT2D eigenvalue weighted by Crippen LogP contribution is -2.41. The lowest BCUT2D eigenvalue weighted by atomic mass is 9.83. The van der Waals surface area contributed by atoms with E-state index in [1.807, 2.05) is 4.90 Å². The summed E-state index contributed by atoms with van der Waals surface area (Å²) in [7, 11) is 0. The Balaban J connectivity index is 1.97. The molecule has 1 heterocycles. The van der Waals surface area contributed by atoms with E-state index < -0.39 is 0 Å². The number of urea groups is 1. The Kier molecular flexibility index (Phi) is 3.46. The number of aliphatic hydroxyl groups is 1. The molecule has 1 aliphatic carbocycles. The lowest BCUT2D eigenvalue weighted by molar-refractivity contribution is 0.143. The van der Waals surface area contributed by atoms with Gasteiger partial charge in [-0.25, -0.2) is 4.79 Å². The molecule has 0 spiro atoms. The molecule has 1 saturated heterocycles. The minimum absolute atomic E-state index is 0.000349. The van der Waals surface area contributed by atoms with Crippen molar-refractivity contribution in [3.05, 3.63) is 0 Å². The highest BCUT2D eigenvalue weighted by Gasteiger charge is 2.36. The molecule has 1 unspecified atom stereocenters. The number of hydrogen-bond acceptors (Lipinski definition) is 2. The van der Waals surface area contributed by atoms with Crippen LogP contribution in [0.2, 0.25) is 0 Å². The normalized spacial score (nSPS) is 28.2. The second kappa shape index (κ2) is 4.84. The highest BCUT2D eigenvalue weighted by molar-refractivity contribution is 5.76. The SMILES string of the molecule is O=C1NCC(C2CCCCC2)N1CCO. The van der Waals surface area contributed by atoms with E-state index in [0.29, 0.717) is 18.5 Å². The maximum Gasteiger partial charge on any atom is 0.317 e. The third-order valence-corrected chi connectivity index (χ3v) is 3.66. The van der Waals surface area contributed by atoms with Gasteiger partial charge < -0.3 is 15.3 Å². The van der Waals surface area contributed by atoms with Gasteiger partial charge in [0.25, 0.3) is 0 Å². The van der Waals surface area contributed by atoms with Gasteiger partial charge in [0.1, 0.15) is 0 Å². The zero-order valence-corrected chi connectivity index (χ0v) is 9.11. The van der Waals surface area contributed by atoms with Gasteiger partial charge in [-0.05, 0) is 18.8 Å². The summed E-state index contributed by atoms with van der Waals surface area (Å²) in [5.41, 5.74) is 0. The minimum atomic E-state index is -0.000349. The summed E-state index contributed by atoms with van der Waals surface area (Å²) >= 11 is 0. The molecule has 0 radical (unpaired) electrons. The number of nitrogens with zero attached hydrogens (tertiary/aromatic N) is 1. The second-order valence-corrected chi connectivity index (χ2v) is 4.57.